The zero-order chi connectivity index (χ0) is 15.4. The Hall–Kier alpha value is -1.17. The van der Waals surface area contributed by atoms with Crippen LogP contribution in [-0.2, 0) is 0 Å². The quantitative estimate of drug-likeness (QED) is 0.893. The molecular formula is C16H26FN3O. The van der Waals surface area contributed by atoms with E-state index in [1.807, 2.05) is 6.07 Å². The van der Waals surface area contributed by atoms with E-state index < -0.39 is 6.10 Å². The second-order valence-corrected chi connectivity index (χ2v) is 6.02. The standard InChI is InChI=1S/C16H26FN3O/c1-13(21)14-4-5-16(15(17)12-14)20-10-8-19(9-11-20)7-6-18(2)3/h4-5,12-13,21H,6-11H2,1-3H3/t13-/m0/s1. The average Bonchev–Trinajstić information content (AvgIpc) is 2.45. The van der Waals surface area contributed by atoms with Crippen LogP contribution in [0.15, 0.2) is 18.2 Å². The van der Waals surface area contributed by atoms with Gasteiger partial charge in [-0.1, -0.05) is 6.07 Å². The van der Waals surface area contributed by atoms with Crippen LogP contribution in [0.3, 0.4) is 0 Å². The lowest BCUT2D eigenvalue weighted by Gasteiger charge is -2.36. The summed E-state index contributed by atoms with van der Waals surface area (Å²) in [6.07, 6.45) is -0.628. The van der Waals surface area contributed by atoms with Crippen molar-refractivity contribution in [2.45, 2.75) is 13.0 Å². The highest BCUT2D eigenvalue weighted by molar-refractivity contribution is 5.50. The number of aliphatic hydroxyl groups is 1. The Morgan fingerprint density at radius 3 is 2.43 bits per heavy atom. The molecule has 21 heavy (non-hydrogen) atoms. The lowest BCUT2D eigenvalue weighted by atomic mass is 10.1. The zero-order valence-electron chi connectivity index (χ0n) is 13.2. The molecule has 0 amide bonds. The van der Waals surface area contributed by atoms with E-state index in [0.717, 1.165) is 39.3 Å². The molecular weight excluding hydrogens is 269 g/mol. The summed E-state index contributed by atoms with van der Waals surface area (Å²) in [4.78, 5) is 6.69. The summed E-state index contributed by atoms with van der Waals surface area (Å²) in [5.74, 6) is -0.241. The Morgan fingerprint density at radius 2 is 1.90 bits per heavy atom. The number of piperazine rings is 1. The van der Waals surface area contributed by atoms with Gasteiger partial charge >= 0.3 is 0 Å². The first-order valence-electron chi connectivity index (χ1n) is 7.57. The number of hydrogen-bond acceptors (Lipinski definition) is 4. The van der Waals surface area contributed by atoms with Crippen molar-refractivity contribution >= 4 is 5.69 Å². The van der Waals surface area contributed by atoms with Crippen LogP contribution in [0.25, 0.3) is 0 Å². The van der Waals surface area contributed by atoms with Crippen molar-refractivity contribution in [1.29, 1.82) is 0 Å². The molecule has 0 aliphatic carbocycles. The van der Waals surface area contributed by atoms with E-state index in [4.69, 9.17) is 0 Å². The van der Waals surface area contributed by atoms with Gasteiger partial charge in [0.1, 0.15) is 5.82 Å². The van der Waals surface area contributed by atoms with Crippen molar-refractivity contribution in [1.82, 2.24) is 9.80 Å². The molecule has 1 aliphatic rings. The van der Waals surface area contributed by atoms with Gasteiger partial charge in [0.15, 0.2) is 0 Å². The number of halogens is 1. The molecule has 0 spiro atoms. The number of benzene rings is 1. The monoisotopic (exact) mass is 295 g/mol. The van der Waals surface area contributed by atoms with Crippen molar-refractivity contribution in [2.24, 2.45) is 0 Å². The third kappa shape index (κ3) is 4.40. The number of likely N-dealkylation sites (N-methyl/N-ethyl adjacent to an activating group) is 1. The van der Waals surface area contributed by atoms with Crippen LogP contribution in [0.2, 0.25) is 0 Å². The summed E-state index contributed by atoms with van der Waals surface area (Å²) in [6, 6.07) is 5.03. The Kier molecular flexibility index (Phi) is 5.56. The molecule has 118 valence electrons. The van der Waals surface area contributed by atoms with Crippen LogP contribution in [-0.4, -0.2) is 68.3 Å². The maximum atomic E-state index is 14.2. The Balaban J connectivity index is 1.93. The first-order chi connectivity index (χ1) is 9.97. The van der Waals surface area contributed by atoms with Gasteiger partial charge in [0, 0.05) is 39.3 Å². The number of rotatable bonds is 5. The van der Waals surface area contributed by atoms with Gasteiger partial charge in [-0.25, -0.2) is 4.39 Å². The molecule has 1 atom stereocenters. The van der Waals surface area contributed by atoms with E-state index in [-0.39, 0.29) is 5.82 Å². The van der Waals surface area contributed by atoms with Gasteiger partial charge in [-0.15, -0.1) is 0 Å². The third-order valence-corrected chi connectivity index (χ3v) is 4.03. The highest BCUT2D eigenvalue weighted by Gasteiger charge is 2.19. The molecule has 0 radical (unpaired) electrons. The van der Waals surface area contributed by atoms with Crippen LogP contribution in [0, 0.1) is 5.82 Å². The molecule has 4 nitrogen and oxygen atoms in total. The third-order valence-electron chi connectivity index (χ3n) is 4.03. The second-order valence-electron chi connectivity index (χ2n) is 6.02. The molecule has 0 bridgehead atoms. The van der Waals surface area contributed by atoms with Gasteiger partial charge in [0.05, 0.1) is 11.8 Å². The van der Waals surface area contributed by atoms with Crippen molar-refractivity contribution in [3.05, 3.63) is 29.6 Å². The maximum absolute atomic E-state index is 14.2. The van der Waals surface area contributed by atoms with Crippen LogP contribution in [0.1, 0.15) is 18.6 Å². The number of hydrogen-bond donors (Lipinski definition) is 1. The average molecular weight is 295 g/mol. The fourth-order valence-electron chi connectivity index (χ4n) is 2.59. The number of anilines is 1. The smallest absolute Gasteiger partial charge is 0.146 e. The highest BCUT2D eigenvalue weighted by atomic mass is 19.1. The Morgan fingerprint density at radius 1 is 1.24 bits per heavy atom. The Bertz CT molecular complexity index is 457. The Labute approximate surface area is 126 Å². The lowest BCUT2D eigenvalue weighted by Crippen LogP contribution is -2.48. The molecule has 1 fully saturated rings. The normalized spacial score (nSPS) is 18.3. The van der Waals surface area contributed by atoms with Crippen molar-refractivity contribution in [3.63, 3.8) is 0 Å². The van der Waals surface area contributed by atoms with Crippen molar-refractivity contribution in [3.8, 4) is 0 Å². The molecule has 5 heteroatoms. The van der Waals surface area contributed by atoms with Gasteiger partial charge in [0.2, 0.25) is 0 Å². The van der Waals surface area contributed by atoms with E-state index in [0.29, 0.717) is 11.3 Å². The topological polar surface area (TPSA) is 30.0 Å². The lowest BCUT2D eigenvalue weighted by molar-refractivity contribution is 0.199. The molecule has 1 aliphatic heterocycles. The van der Waals surface area contributed by atoms with Gasteiger partial charge < -0.3 is 14.9 Å². The zero-order valence-corrected chi connectivity index (χ0v) is 13.2. The molecule has 1 saturated heterocycles. The van der Waals surface area contributed by atoms with E-state index in [9.17, 15) is 9.50 Å². The number of nitrogens with zero attached hydrogens (tertiary/aromatic N) is 3. The largest absolute Gasteiger partial charge is 0.389 e. The molecule has 1 heterocycles. The molecule has 1 N–H and O–H groups in total. The molecule has 1 aromatic rings. The molecule has 1 aromatic carbocycles. The molecule has 0 unspecified atom stereocenters. The molecule has 0 saturated carbocycles. The van der Waals surface area contributed by atoms with Crippen LogP contribution in [0.5, 0.6) is 0 Å². The SMILES string of the molecule is C[C@H](O)c1ccc(N2CCN(CCN(C)C)CC2)c(F)c1. The fraction of sp³-hybridized carbons (Fsp3) is 0.625. The van der Waals surface area contributed by atoms with Crippen LogP contribution >= 0.6 is 0 Å². The van der Waals surface area contributed by atoms with Gasteiger partial charge in [-0.3, -0.25) is 4.90 Å². The summed E-state index contributed by atoms with van der Waals surface area (Å²) >= 11 is 0. The van der Waals surface area contributed by atoms with Crippen LogP contribution in [0.4, 0.5) is 10.1 Å². The first-order valence-corrected chi connectivity index (χ1v) is 7.57. The van der Waals surface area contributed by atoms with Gasteiger partial charge in [0.25, 0.3) is 0 Å². The number of aliphatic hydroxyl groups excluding tert-OH is 1. The minimum Gasteiger partial charge on any atom is -0.389 e. The van der Waals surface area contributed by atoms with E-state index in [1.54, 1.807) is 13.0 Å². The maximum Gasteiger partial charge on any atom is 0.146 e. The predicted molar refractivity (Wildman–Crippen MR) is 84.2 cm³/mol. The van der Waals surface area contributed by atoms with Gasteiger partial charge in [-0.05, 0) is 38.7 Å². The predicted octanol–water partition coefficient (Wildman–Crippen LogP) is 1.56. The fourth-order valence-corrected chi connectivity index (χ4v) is 2.59. The van der Waals surface area contributed by atoms with E-state index in [1.165, 1.54) is 6.07 Å². The molecule has 0 aromatic heterocycles. The van der Waals surface area contributed by atoms with Crippen molar-refractivity contribution in [2.75, 3.05) is 58.3 Å². The van der Waals surface area contributed by atoms with Crippen molar-refractivity contribution < 1.29 is 9.50 Å². The summed E-state index contributed by atoms with van der Waals surface area (Å²) in [7, 11) is 4.16. The van der Waals surface area contributed by atoms with Gasteiger partial charge in [-0.2, -0.15) is 0 Å². The second kappa shape index (κ2) is 7.20. The summed E-state index contributed by atoms with van der Waals surface area (Å²) in [6.45, 7) is 7.38. The first kappa shape index (κ1) is 16.2. The summed E-state index contributed by atoms with van der Waals surface area (Å²) in [5.41, 5.74) is 1.27. The minimum absolute atomic E-state index is 0.241. The van der Waals surface area contributed by atoms with Crippen LogP contribution < -0.4 is 4.90 Å². The van der Waals surface area contributed by atoms with E-state index in [2.05, 4.69) is 28.8 Å². The highest BCUT2D eigenvalue weighted by Crippen LogP contribution is 2.24. The summed E-state index contributed by atoms with van der Waals surface area (Å²) in [5, 5.41) is 9.50. The minimum atomic E-state index is -0.628. The van der Waals surface area contributed by atoms with E-state index >= 15 is 0 Å². The molecule has 2 rings (SSSR count). The summed E-state index contributed by atoms with van der Waals surface area (Å²) < 4.78 is 14.2.